The number of amides is 2. The fraction of sp³-hybridized carbons (Fsp3) is 0.700. The number of carbonyl (C=O) groups excluding carboxylic acids is 2. The molecular formula is C20H28N2O3S. The maximum atomic E-state index is 13.0. The molecule has 2 aliphatic heterocycles. The van der Waals surface area contributed by atoms with Crippen LogP contribution in [-0.2, 0) is 16.0 Å². The van der Waals surface area contributed by atoms with Crippen molar-refractivity contribution in [2.24, 2.45) is 11.3 Å². The van der Waals surface area contributed by atoms with E-state index in [1.54, 1.807) is 11.3 Å². The van der Waals surface area contributed by atoms with Gasteiger partial charge in [-0.3, -0.25) is 9.59 Å². The average molecular weight is 377 g/mol. The summed E-state index contributed by atoms with van der Waals surface area (Å²) < 4.78 is 0. The molecule has 1 saturated carbocycles. The number of hydrogen-bond donors (Lipinski definition) is 1. The minimum atomic E-state index is -0.225. The van der Waals surface area contributed by atoms with Crippen molar-refractivity contribution in [3.63, 3.8) is 0 Å². The second kappa shape index (κ2) is 7.31. The normalized spacial score (nSPS) is 29.2. The number of rotatable bonds is 4. The van der Waals surface area contributed by atoms with Gasteiger partial charge in [0.15, 0.2) is 0 Å². The number of aliphatic hydroxyl groups is 1. The predicted octanol–water partition coefficient (Wildman–Crippen LogP) is 2.29. The number of carbonyl (C=O) groups is 2. The van der Waals surface area contributed by atoms with Gasteiger partial charge in [0.25, 0.3) is 0 Å². The topological polar surface area (TPSA) is 60.9 Å². The number of fused-ring (bicyclic) bond motifs is 1. The van der Waals surface area contributed by atoms with Crippen LogP contribution in [0.4, 0.5) is 0 Å². The minimum absolute atomic E-state index is 0.0328. The lowest BCUT2D eigenvalue weighted by Gasteiger charge is -2.55. The highest BCUT2D eigenvalue weighted by molar-refractivity contribution is 7.08. The van der Waals surface area contributed by atoms with Crippen LogP contribution in [0.25, 0.3) is 0 Å². The van der Waals surface area contributed by atoms with Crippen LogP contribution in [-0.4, -0.2) is 59.0 Å². The van der Waals surface area contributed by atoms with Gasteiger partial charge < -0.3 is 14.9 Å². The first-order valence-corrected chi connectivity index (χ1v) is 10.8. The number of piperidine rings is 2. The molecule has 142 valence electrons. The van der Waals surface area contributed by atoms with E-state index in [1.165, 1.54) is 0 Å². The van der Waals surface area contributed by atoms with E-state index in [9.17, 15) is 14.7 Å². The zero-order valence-electron chi connectivity index (χ0n) is 15.2. The summed E-state index contributed by atoms with van der Waals surface area (Å²) in [6, 6.07) is 1.96. The fourth-order valence-electron chi connectivity index (χ4n) is 4.82. The molecule has 6 heteroatoms. The van der Waals surface area contributed by atoms with Crippen LogP contribution >= 0.6 is 11.3 Å². The average Bonchev–Trinajstić information content (AvgIpc) is 3.12. The van der Waals surface area contributed by atoms with Crippen molar-refractivity contribution in [1.82, 2.24) is 9.80 Å². The Morgan fingerprint density at radius 3 is 2.73 bits per heavy atom. The third kappa shape index (κ3) is 3.18. The zero-order valence-corrected chi connectivity index (χ0v) is 16.0. The van der Waals surface area contributed by atoms with E-state index >= 15 is 0 Å². The lowest BCUT2D eigenvalue weighted by Crippen LogP contribution is -2.65. The predicted molar refractivity (Wildman–Crippen MR) is 101 cm³/mol. The van der Waals surface area contributed by atoms with E-state index < -0.39 is 0 Å². The number of likely N-dealkylation sites (tertiary alicyclic amines) is 2. The largest absolute Gasteiger partial charge is 0.396 e. The van der Waals surface area contributed by atoms with Crippen LogP contribution in [0.5, 0.6) is 0 Å². The Bertz CT molecular complexity index is 658. The Hall–Kier alpha value is -1.40. The van der Waals surface area contributed by atoms with Gasteiger partial charge in [0.05, 0.1) is 19.1 Å². The van der Waals surface area contributed by atoms with E-state index in [1.807, 2.05) is 26.6 Å². The van der Waals surface area contributed by atoms with Crippen molar-refractivity contribution in [3.05, 3.63) is 22.4 Å². The molecule has 5 nitrogen and oxygen atoms in total. The molecule has 0 unspecified atom stereocenters. The third-order valence-corrected chi connectivity index (χ3v) is 7.50. The molecule has 1 aliphatic carbocycles. The summed E-state index contributed by atoms with van der Waals surface area (Å²) in [6.07, 6.45) is 6.26. The van der Waals surface area contributed by atoms with Crippen molar-refractivity contribution in [2.75, 3.05) is 26.2 Å². The molecule has 2 atom stereocenters. The molecule has 1 N–H and O–H groups in total. The van der Waals surface area contributed by atoms with Crippen molar-refractivity contribution >= 4 is 23.2 Å². The van der Waals surface area contributed by atoms with Gasteiger partial charge in [0.1, 0.15) is 0 Å². The number of nitrogens with zero attached hydrogens (tertiary/aromatic N) is 2. The summed E-state index contributed by atoms with van der Waals surface area (Å²) in [5.41, 5.74) is 0.835. The molecule has 0 bridgehead atoms. The van der Waals surface area contributed by atoms with Gasteiger partial charge in [-0.05, 0) is 54.5 Å². The van der Waals surface area contributed by atoms with Crippen LogP contribution in [0.15, 0.2) is 16.8 Å². The molecule has 0 spiro atoms. The quantitative estimate of drug-likeness (QED) is 0.877. The molecule has 2 saturated heterocycles. The van der Waals surface area contributed by atoms with Gasteiger partial charge in [-0.15, -0.1) is 0 Å². The highest BCUT2D eigenvalue weighted by Gasteiger charge is 2.50. The van der Waals surface area contributed by atoms with Crippen LogP contribution in [0.3, 0.4) is 0 Å². The Balaban J connectivity index is 1.51. The Labute approximate surface area is 159 Å². The maximum Gasteiger partial charge on any atom is 0.227 e. The van der Waals surface area contributed by atoms with E-state index in [2.05, 4.69) is 0 Å². The Morgan fingerprint density at radius 2 is 2.08 bits per heavy atom. The van der Waals surface area contributed by atoms with E-state index in [-0.39, 0.29) is 35.8 Å². The van der Waals surface area contributed by atoms with Gasteiger partial charge in [-0.2, -0.15) is 11.3 Å². The fourth-order valence-corrected chi connectivity index (χ4v) is 5.49. The monoisotopic (exact) mass is 376 g/mol. The van der Waals surface area contributed by atoms with Crippen molar-refractivity contribution in [2.45, 2.75) is 51.0 Å². The minimum Gasteiger partial charge on any atom is -0.396 e. The summed E-state index contributed by atoms with van der Waals surface area (Å²) in [7, 11) is 0. The molecule has 1 aromatic heterocycles. The second-order valence-corrected chi connectivity index (χ2v) is 8.98. The summed E-state index contributed by atoms with van der Waals surface area (Å²) in [4.78, 5) is 29.7. The van der Waals surface area contributed by atoms with Crippen LogP contribution in [0, 0.1) is 11.3 Å². The van der Waals surface area contributed by atoms with E-state index in [4.69, 9.17) is 0 Å². The molecule has 1 aromatic rings. The third-order valence-electron chi connectivity index (χ3n) is 6.77. The van der Waals surface area contributed by atoms with Crippen LogP contribution in [0.1, 0.15) is 44.1 Å². The zero-order chi connectivity index (χ0) is 18.1. The van der Waals surface area contributed by atoms with Crippen molar-refractivity contribution < 1.29 is 14.7 Å². The summed E-state index contributed by atoms with van der Waals surface area (Å²) in [5.74, 6) is 0.559. The second-order valence-electron chi connectivity index (χ2n) is 8.20. The molecule has 3 aliphatic rings. The number of aliphatic hydroxyl groups excluding tert-OH is 1. The molecule has 0 radical (unpaired) electrons. The highest BCUT2D eigenvalue weighted by atomic mass is 32.1. The SMILES string of the molecule is O=C(Cc1ccsc1)N1CC[C@@]2(CO)CCCN(C(=O)C3CCC3)[C@@H]2C1. The van der Waals surface area contributed by atoms with E-state index in [0.717, 1.165) is 50.6 Å². The number of thiophene rings is 1. The number of hydrogen-bond acceptors (Lipinski definition) is 4. The Morgan fingerprint density at radius 1 is 1.23 bits per heavy atom. The first kappa shape index (κ1) is 18.0. The smallest absolute Gasteiger partial charge is 0.227 e. The molecule has 26 heavy (non-hydrogen) atoms. The molecule has 3 fully saturated rings. The lowest BCUT2D eigenvalue weighted by atomic mass is 9.68. The lowest BCUT2D eigenvalue weighted by molar-refractivity contribution is -0.158. The molecule has 0 aromatic carbocycles. The van der Waals surface area contributed by atoms with Crippen LogP contribution in [0.2, 0.25) is 0 Å². The first-order chi connectivity index (χ1) is 12.6. The molecule has 2 amide bonds. The van der Waals surface area contributed by atoms with Gasteiger partial charge in [0.2, 0.25) is 11.8 Å². The van der Waals surface area contributed by atoms with Gasteiger partial charge in [-0.1, -0.05) is 6.42 Å². The first-order valence-electron chi connectivity index (χ1n) is 9.83. The van der Waals surface area contributed by atoms with Crippen LogP contribution < -0.4 is 0 Å². The molecule has 4 rings (SSSR count). The van der Waals surface area contributed by atoms with Crippen molar-refractivity contribution in [1.29, 1.82) is 0 Å². The molecule has 3 heterocycles. The highest BCUT2D eigenvalue weighted by Crippen LogP contribution is 2.43. The van der Waals surface area contributed by atoms with Gasteiger partial charge >= 0.3 is 0 Å². The molecular weight excluding hydrogens is 348 g/mol. The standard InChI is InChI=1S/C20H28N2O3S/c23-14-20-6-2-8-22(19(25)16-3-1-4-16)17(20)12-21(9-7-20)18(24)11-15-5-10-26-13-15/h5,10,13,16-17,23H,1-4,6-9,11-12,14H2/t17-,20-/m1/s1. The van der Waals surface area contributed by atoms with Crippen molar-refractivity contribution in [3.8, 4) is 0 Å². The summed E-state index contributed by atoms with van der Waals surface area (Å²) >= 11 is 1.61. The van der Waals surface area contributed by atoms with Gasteiger partial charge in [0, 0.05) is 31.0 Å². The summed E-state index contributed by atoms with van der Waals surface area (Å²) in [6.45, 7) is 2.14. The Kier molecular flexibility index (Phi) is 5.06. The van der Waals surface area contributed by atoms with Gasteiger partial charge in [-0.25, -0.2) is 0 Å². The maximum absolute atomic E-state index is 13.0. The van der Waals surface area contributed by atoms with E-state index in [0.29, 0.717) is 19.5 Å². The summed E-state index contributed by atoms with van der Waals surface area (Å²) in [5, 5.41) is 14.2.